The van der Waals surface area contributed by atoms with Gasteiger partial charge in [0.1, 0.15) is 11.4 Å². The second kappa shape index (κ2) is 9.95. The molecule has 4 N–H and O–H groups in total. The van der Waals surface area contributed by atoms with Crippen molar-refractivity contribution < 1.29 is 4.79 Å². The van der Waals surface area contributed by atoms with Gasteiger partial charge in [-0.25, -0.2) is 9.50 Å². The largest absolute Gasteiger partial charge is 0.366 e. The summed E-state index contributed by atoms with van der Waals surface area (Å²) in [5.74, 6) is 0.427. The lowest BCUT2D eigenvalue weighted by Gasteiger charge is -2.29. The lowest BCUT2D eigenvalue weighted by Crippen LogP contribution is -2.42. The number of hydrogen-bond donors (Lipinski definition) is 3. The van der Waals surface area contributed by atoms with Gasteiger partial charge in [0, 0.05) is 50.3 Å². The van der Waals surface area contributed by atoms with Crippen LogP contribution in [0.1, 0.15) is 48.5 Å². The van der Waals surface area contributed by atoms with Gasteiger partial charge in [-0.15, -0.1) is 0 Å². The Morgan fingerprint density at radius 1 is 1.24 bits per heavy atom. The number of nitrogens with one attached hydrogen (secondary N) is 2. The first-order chi connectivity index (χ1) is 15.9. The number of rotatable bonds is 7. The van der Waals surface area contributed by atoms with Gasteiger partial charge in [-0.2, -0.15) is 10.2 Å². The van der Waals surface area contributed by atoms with E-state index in [2.05, 4.69) is 30.8 Å². The molecule has 0 aromatic carbocycles. The van der Waals surface area contributed by atoms with Crippen LogP contribution >= 0.6 is 0 Å². The number of carbonyl (C=O) groups is 1. The molecule has 1 unspecified atom stereocenters. The van der Waals surface area contributed by atoms with Crippen molar-refractivity contribution in [3.05, 3.63) is 54.1 Å². The van der Waals surface area contributed by atoms with E-state index in [0.717, 1.165) is 37.0 Å². The lowest BCUT2D eigenvalue weighted by molar-refractivity contribution is 0.0950. The number of hydrogen-bond acceptors (Lipinski definition) is 8. The molecule has 0 saturated heterocycles. The Bertz CT molecular complexity index is 1130. The van der Waals surface area contributed by atoms with E-state index in [4.69, 9.17) is 5.73 Å². The van der Waals surface area contributed by atoms with Gasteiger partial charge in [-0.05, 0) is 38.0 Å². The molecule has 1 aliphatic rings. The van der Waals surface area contributed by atoms with E-state index in [-0.39, 0.29) is 24.0 Å². The topological polar surface area (TPSA) is 126 Å². The average molecular weight is 450 g/mol. The fourth-order valence-corrected chi connectivity index (χ4v) is 4.11. The van der Waals surface area contributed by atoms with Crippen molar-refractivity contribution in [1.29, 1.82) is 0 Å². The maximum Gasteiger partial charge on any atom is 0.257 e. The summed E-state index contributed by atoms with van der Waals surface area (Å²) < 4.78 is 1.60. The second-order valence-corrected chi connectivity index (χ2v) is 8.60. The number of aromatic nitrogens is 4. The Kier molecular flexibility index (Phi) is 6.83. The zero-order valence-corrected chi connectivity index (χ0v) is 19.3. The van der Waals surface area contributed by atoms with Crippen LogP contribution in [0.3, 0.4) is 0 Å². The van der Waals surface area contributed by atoms with Crippen LogP contribution in [0.4, 0.5) is 5.82 Å². The predicted molar refractivity (Wildman–Crippen MR) is 128 cm³/mol. The minimum Gasteiger partial charge on any atom is -0.366 e. The van der Waals surface area contributed by atoms with Crippen molar-refractivity contribution in [2.75, 3.05) is 19.4 Å². The fourth-order valence-electron chi connectivity index (χ4n) is 4.11. The average Bonchev–Trinajstić information content (AvgIpc) is 3.23. The van der Waals surface area contributed by atoms with Crippen molar-refractivity contribution >= 4 is 23.1 Å². The van der Waals surface area contributed by atoms with Crippen molar-refractivity contribution in [2.24, 2.45) is 10.8 Å². The SMILES string of the molecule is CC(NC(=O)c1cnn2ccc(N[C@@H]3CCCC[C@@H]3N)nc12)/C(=N\N(C)C)c1ccncc1. The quantitative estimate of drug-likeness (QED) is 0.371. The molecule has 1 amide bonds. The fraction of sp³-hybridized carbons (Fsp3) is 0.435. The summed E-state index contributed by atoms with van der Waals surface area (Å²) in [6.45, 7) is 1.90. The summed E-state index contributed by atoms with van der Waals surface area (Å²) >= 11 is 0. The zero-order valence-electron chi connectivity index (χ0n) is 19.3. The highest BCUT2D eigenvalue weighted by Crippen LogP contribution is 2.21. The first-order valence-electron chi connectivity index (χ1n) is 11.3. The van der Waals surface area contributed by atoms with Crippen molar-refractivity contribution in [3.8, 4) is 0 Å². The van der Waals surface area contributed by atoms with Crippen LogP contribution in [-0.4, -0.2) is 68.4 Å². The standard InChI is InChI=1S/C23H31N9O/c1-15(21(30-31(2)3)16-8-11-25-12-9-16)27-23(33)17-14-26-32-13-10-20(29-22(17)32)28-19-7-5-4-6-18(19)24/h8-15,18-19H,4-7,24H2,1-3H3,(H,27,33)(H,28,29)/b30-21+/t15?,18-,19+/m0/s1. The molecule has 4 rings (SSSR count). The van der Waals surface area contributed by atoms with Gasteiger partial charge in [0.2, 0.25) is 0 Å². The van der Waals surface area contributed by atoms with Crippen LogP contribution in [-0.2, 0) is 0 Å². The van der Waals surface area contributed by atoms with E-state index in [9.17, 15) is 4.79 Å². The highest BCUT2D eigenvalue weighted by molar-refractivity contribution is 6.08. The summed E-state index contributed by atoms with van der Waals surface area (Å²) in [5.41, 5.74) is 8.78. The number of pyridine rings is 1. The van der Waals surface area contributed by atoms with Gasteiger partial charge in [-0.3, -0.25) is 9.78 Å². The number of hydrazone groups is 1. The molecule has 174 valence electrons. The molecule has 0 radical (unpaired) electrons. The maximum absolute atomic E-state index is 13.2. The van der Waals surface area contributed by atoms with Crippen LogP contribution in [0, 0.1) is 0 Å². The Morgan fingerprint density at radius 3 is 2.73 bits per heavy atom. The van der Waals surface area contributed by atoms with Crippen molar-refractivity contribution in [1.82, 2.24) is 29.9 Å². The van der Waals surface area contributed by atoms with E-state index in [1.54, 1.807) is 28.1 Å². The molecule has 3 atom stereocenters. The van der Waals surface area contributed by atoms with E-state index in [0.29, 0.717) is 17.0 Å². The molecule has 10 heteroatoms. The summed E-state index contributed by atoms with van der Waals surface area (Å²) in [7, 11) is 3.69. The third kappa shape index (κ3) is 5.28. The number of carbonyl (C=O) groups excluding carboxylic acids is 1. The first kappa shape index (κ1) is 22.7. The molecule has 3 aromatic heterocycles. The zero-order chi connectivity index (χ0) is 23.4. The van der Waals surface area contributed by atoms with Gasteiger partial charge < -0.3 is 21.4 Å². The molecule has 1 aliphatic carbocycles. The molecule has 1 saturated carbocycles. The van der Waals surface area contributed by atoms with Gasteiger partial charge >= 0.3 is 0 Å². The number of anilines is 1. The van der Waals surface area contributed by atoms with Crippen LogP contribution in [0.2, 0.25) is 0 Å². The Hall–Kier alpha value is -3.53. The first-order valence-corrected chi connectivity index (χ1v) is 11.3. The third-order valence-corrected chi connectivity index (χ3v) is 5.81. The smallest absolute Gasteiger partial charge is 0.257 e. The second-order valence-electron chi connectivity index (χ2n) is 8.60. The van der Waals surface area contributed by atoms with Crippen LogP contribution < -0.4 is 16.4 Å². The lowest BCUT2D eigenvalue weighted by atomic mass is 9.91. The number of nitrogens with zero attached hydrogens (tertiary/aromatic N) is 6. The monoisotopic (exact) mass is 449 g/mol. The van der Waals surface area contributed by atoms with Gasteiger partial charge in [0.25, 0.3) is 5.91 Å². The Morgan fingerprint density at radius 2 is 2.00 bits per heavy atom. The summed E-state index contributed by atoms with van der Waals surface area (Å²) in [4.78, 5) is 21.9. The molecular formula is C23H31N9O. The van der Waals surface area contributed by atoms with E-state index in [1.807, 2.05) is 39.2 Å². The molecular weight excluding hydrogens is 418 g/mol. The Labute approximate surface area is 193 Å². The molecule has 0 bridgehead atoms. The van der Waals surface area contributed by atoms with E-state index >= 15 is 0 Å². The molecule has 3 heterocycles. The maximum atomic E-state index is 13.2. The Balaban J connectivity index is 1.54. The van der Waals surface area contributed by atoms with Crippen LogP contribution in [0.5, 0.6) is 0 Å². The van der Waals surface area contributed by atoms with Gasteiger partial charge in [0.15, 0.2) is 5.65 Å². The minimum atomic E-state index is -0.348. The molecule has 0 aliphatic heterocycles. The third-order valence-electron chi connectivity index (χ3n) is 5.81. The minimum absolute atomic E-state index is 0.105. The number of fused-ring (bicyclic) bond motifs is 1. The van der Waals surface area contributed by atoms with Gasteiger partial charge in [0.05, 0.1) is 18.0 Å². The van der Waals surface area contributed by atoms with Gasteiger partial charge in [-0.1, -0.05) is 12.8 Å². The highest BCUT2D eigenvalue weighted by atomic mass is 16.1. The highest BCUT2D eigenvalue weighted by Gasteiger charge is 2.23. The van der Waals surface area contributed by atoms with Crippen molar-refractivity contribution in [2.45, 2.75) is 50.7 Å². The summed E-state index contributed by atoms with van der Waals surface area (Å²) in [6, 6.07) is 5.54. The molecule has 1 fully saturated rings. The van der Waals surface area contributed by atoms with E-state index in [1.165, 1.54) is 6.20 Å². The number of nitrogens with two attached hydrogens (primary N) is 1. The molecule has 10 nitrogen and oxygen atoms in total. The predicted octanol–water partition coefficient (Wildman–Crippen LogP) is 1.89. The van der Waals surface area contributed by atoms with Crippen LogP contribution in [0.15, 0.2) is 48.1 Å². The van der Waals surface area contributed by atoms with Crippen LogP contribution in [0.25, 0.3) is 5.65 Å². The van der Waals surface area contributed by atoms with Crippen molar-refractivity contribution in [3.63, 3.8) is 0 Å². The normalized spacial score (nSPS) is 19.8. The summed E-state index contributed by atoms with van der Waals surface area (Å²) in [5, 5.41) is 17.1. The molecule has 0 spiro atoms. The molecule has 3 aromatic rings. The summed E-state index contributed by atoms with van der Waals surface area (Å²) in [6.07, 6.45) is 11.1. The molecule has 33 heavy (non-hydrogen) atoms. The van der Waals surface area contributed by atoms with E-state index < -0.39 is 0 Å². The number of amides is 1.